The zero-order valence-electron chi connectivity index (χ0n) is 13.1. The number of pyridine rings is 1. The third kappa shape index (κ3) is 2.50. The van der Waals surface area contributed by atoms with Crippen LogP contribution in [0.4, 0.5) is 0 Å². The van der Waals surface area contributed by atoms with Gasteiger partial charge in [0.15, 0.2) is 0 Å². The Morgan fingerprint density at radius 3 is 3.04 bits per heavy atom. The first-order chi connectivity index (χ1) is 11.2. The van der Waals surface area contributed by atoms with Gasteiger partial charge in [0.1, 0.15) is 0 Å². The maximum absolute atomic E-state index is 12.9. The quantitative estimate of drug-likeness (QED) is 0.730. The molecule has 118 valence electrons. The van der Waals surface area contributed by atoms with Crippen molar-refractivity contribution in [2.75, 3.05) is 13.1 Å². The molecule has 4 heterocycles. The molecule has 1 unspecified atom stereocenters. The molecule has 1 atom stereocenters. The van der Waals surface area contributed by atoms with Crippen LogP contribution in [-0.2, 0) is 0 Å². The molecule has 1 aliphatic rings. The molecular formula is C17H19N5O. The molecule has 1 aliphatic heterocycles. The fraction of sp³-hybridized carbons (Fsp3) is 0.353. The van der Waals surface area contributed by atoms with Crippen LogP contribution in [0.5, 0.6) is 0 Å². The summed E-state index contributed by atoms with van der Waals surface area (Å²) in [6.07, 6.45) is 9.47. The fourth-order valence-electron chi connectivity index (χ4n) is 3.35. The van der Waals surface area contributed by atoms with Crippen LogP contribution in [0.25, 0.3) is 5.52 Å². The van der Waals surface area contributed by atoms with Gasteiger partial charge in [-0.3, -0.25) is 4.79 Å². The van der Waals surface area contributed by atoms with Crippen molar-refractivity contribution >= 4 is 11.4 Å². The van der Waals surface area contributed by atoms with Crippen molar-refractivity contribution in [3.05, 3.63) is 54.1 Å². The molecule has 0 spiro atoms. The minimum atomic E-state index is 0.0953. The number of amides is 1. The first kappa shape index (κ1) is 14.0. The zero-order valence-corrected chi connectivity index (χ0v) is 13.1. The number of carbonyl (C=O) groups is 1. The number of hydrogen-bond acceptors (Lipinski definition) is 3. The van der Waals surface area contributed by atoms with E-state index in [2.05, 4.69) is 23.3 Å². The van der Waals surface area contributed by atoms with Crippen LogP contribution >= 0.6 is 0 Å². The Bertz CT molecular complexity index is 836. The second kappa shape index (κ2) is 5.53. The molecule has 3 aromatic rings. The van der Waals surface area contributed by atoms with Crippen molar-refractivity contribution in [2.24, 2.45) is 0 Å². The Labute approximate surface area is 134 Å². The summed E-state index contributed by atoms with van der Waals surface area (Å²) in [4.78, 5) is 14.8. The van der Waals surface area contributed by atoms with E-state index in [1.54, 1.807) is 6.20 Å². The lowest BCUT2D eigenvalue weighted by molar-refractivity contribution is 0.0672. The molecule has 23 heavy (non-hydrogen) atoms. The minimum Gasteiger partial charge on any atom is -0.336 e. The van der Waals surface area contributed by atoms with Crippen LogP contribution in [0.3, 0.4) is 0 Å². The monoisotopic (exact) mass is 309 g/mol. The van der Waals surface area contributed by atoms with Gasteiger partial charge in [0.25, 0.3) is 5.91 Å². The zero-order chi connectivity index (χ0) is 15.8. The van der Waals surface area contributed by atoms with Gasteiger partial charge < -0.3 is 9.30 Å². The smallest absolute Gasteiger partial charge is 0.255 e. The first-order valence-corrected chi connectivity index (χ1v) is 7.95. The molecular weight excluding hydrogens is 290 g/mol. The Hall–Kier alpha value is -2.63. The van der Waals surface area contributed by atoms with E-state index in [-0.39, 0.29) is 11.9 Å². The second-order valence-electron chi connectivity index (χ2n) is 6.14. The van der Waals surface area contributed by atoms with E-state index >= 15 is 0 Å². The summed E-state index contributed by atoms with van der Waals surface area (Å²) >= 11 is 0. The van der Waals surface area contributed by atoms with Crippen LogP contribution in [-0.4, -0.2) is 43.3 Å². The Balaban J connectivity index is 1.58. The molecule has 4 rings (SSSR count). The number of aryl methyl sites for hydroxylation is 1. The molecule has 1 fully saturated rings. The maximum atomic E-state index is 12.9. The average molecular weight is 309 g/mol. The Morgan fingerprint density at radius 1 is 1.35 bits per heavy atom. The molecule has 1 saturated heterocycles. The minimum absolute atomic E-state index is 0.0953. The predicted octanol–water partition coefficient (Wildman–Crippen LogP) is 2.32. The largest absolute Gasteiger partial charge is 0.336 e. The molecule has 0 saturated carbocycles. The van der Waals surface area contributed by atoms with Gasteiger partial charge in [-0.05, 0) is 37.5 Å². The van der Waals surface area contributed by atoms with Crippen LogP contribution < -0.4 is 0 Å². The lowest BCUT2D eigenvalue weighted by Crippen LogP contribution is -2.40. The predicted molar refractivity (Wildman–Crippen MR) is 86.3 cm³/mol. The average Bonchev–Trinajstić information content (AvgIpc) is 3.24. The lowest BCUT2D eigenvalue weighted by atomic mass is 10.1. The molecule has 6 nitrogen and oxygen atoms in total. The van der Waals surface area contributed by atoms with Crippen molar-refractivity contribution in [3.63, 3.8) is 0 Å². The molecule has 3 aromatic heterocycles. The molecule has 0 aromatic carbocycles. The Kier molecular flexibility index (Phi) is 3.37. The highest BCUT2D eigenvalue weighted by Crippen LogP contribution is 2.23. The number of piperidine rings is 1. The first-order valence-electron chi connectivity index (χ1n) is 7.95. The summed E-state index contributed by atoms with van der Waals surface area (Å²) < 4.78 is 3.88. The van der Waals surface area contributed by atoms with Crippen molar-refractivity contribution in [3.8, 4) is 0 Å². The van der Waals surface area contributed by atoms with E-state index in [9.17, 15) is 4.79 Å². The fourth-order valence-corrected chi connectivity index (χ4v) is 3.35. The summed E-state index contributed by atoms with van der Waals surface area (Å²) in [6.45, 7) is 3.55. The molecule has 0 radical (unpaired) electrons. The van der Waals surface area contributed by atoms with Crippen molar-refractivity contribution in [2.45, 2.75) is 25.8 Å². The molecule has 0 N–H and O–H groups in total. The third-order valence-corrected chi connectivity index (χ3v) is 4.59. The number of aromatic nitrogens is 4. The van der Waals surface area contributed by atoms with E-state index in [1.807, 2.05) is 44.7 Å². The standard InChI is InChI=1S/C17H19N5O/c1-13-4-2-7-20-11-14(10-16(13)20)17(23)21-8-3-5-15(12-21)22-9-6-18-19-22/h2,4,6-7,9-11,15H,3,5,8,12H2,1H3. The van der Waals surface area contributed by atoms with Gasteiger partial charge in [0, 0.05) is 37.2 Å². The van der Waals surface area contributed by atoms with E-state index in [0.29, 0.717) is 6.54 Å². The van der Waals surface area contributed by atoms with Gasteiger partial charge in [-0.1, -0.05) is 11.3 Å². The van der Waals surface area contributed by atoms with E-state index in [0.717, 1.165) is 30.5 Å². The number of likely N-dealkylation sites (tertiary alicyclic amines) is 1. The van der Waals surface area contributed by atoms with Crippen LogP contribution in [0.1, 0.15) is 34.8 Å². The lowest BCUT2D eigenvalue weighted by Gasteiger charge is -2.32. The van der Waals surface area contributed by atoms with Gasteiger partial charge >= 0.3 is 0 Å². The highest BCUT2D eigenvalue weighted by atomic mass is 16.2. The number of hydrogen-bond donors (Lipinski definition) is 0. The highest BCUT2D eigenvalue weighted by Gasteiger charge is 2.26. The second-order valence-corrected chi connectivity index (χ2v) is 6.14. The number of rotatable bonds is 2. The SMILES string of the molecule is Cc1cccn2cc(C(=O)N3CCCC(n4ccnn4)C3)cc12. The number of carbonyl (C=O) groups excluding carboxylic acids is 1. The van der Waals surface area contributed by atoms with Gasteiger partial charge in [-0.15, -0.1) is 5.10 Å². The van der Waals surface area contributed by atoms with Crippen LogP contribution in [0, 0.1) is 6.92 Å². The number of nitrogens with zero attached hydrogens (tertiary/aromatic N) is 5. The van der Waals surface area contributed by atoms with Gasteiger partial charge in [-0.2, -0.15) is 0 Å². The third-order valence-electron chi connectivity index (χ3n) is 4.59. The Morgan fingerprint density at radius 2 is 2.26 bits per heavy atom. The summed E-state index contributed by atoms with van der Waals surface area (Å²) in [7, 11) is 0. The van der Waals surface area contributed by atoms with Crippen molar-refractivity contribution in [1.29, 1.82) is 0 Å². The van der Waals surface area contributed by atoms with Crippen LogP contribution in [0.2, 0.25) is 0 Å². The van der Waals surface area contributed by atoms with E-state index in [1.165, 1.54) is 5.56 Å². The summed E-state index contributed by atoms with van der Waals surface area (Å²) in [6, 6.07) is 6.26. The maximum Gasteiger partial charge on any atom is 0.255 e. The van der Waals surface area contributed by atoms with Crippen molar-refractivity contribution < 1.29 is 4.79 Å². The summed E-state index contributed by atoms with van der Waals surface area (Å²) in [5, 5.41) is 7.95. The van der Waals surface area contributed by atoms with Gasteiger partial charge in [0.05, 0.1) is 17.8 Å². The molecule has 0 aliphatic carbocycles. The molecule has 0 bridgehead atoms. The van der Waals surface area contributed by atoms with E-state index in [4.69, 9.17) is 0 Å². The van der Waals surface area contributed by atoms with Gasteiger partial charge in [-0.25, -0.2) is 4.68 Å². The molecule has 6 heteroatoms. The summed E-state index contributed by atoms with van der Waals surface area (Å²) in [5.74, 6) is 0.0953. The number of fused-ring (bicyclic) bond motifs is 1. The van der Waals surface area contributed by atoms with Crippen molar-refractivity contribution in [1.82, 2.24) is 24.3 Å². The summed E-state index contributed by atoms with van der Waals surface area (Å²) in [5.41, 5.74) is 3.00. The topological polar surface area (TPSA) is 55.4 Å². The van der Waals surface area contributed by atoms with Crippen LogP contribution in [0.15, 0.2) is 43.0 Å². The van der Waals surface area contributed by atoms with E-state index < -0.39 is 0 Å². The highest BCUT2D eigenvalue weighted by molar-refractivity contribution is 5.96. The van der Waals surface area contributed by atoms with Gasteiger partial charge in [0.2, 0.25) is 0 Å². The molecule has 1 amide bonds. The normalized spacial score (nSPS) is 18.5.